The third-order valence-electron chi connectivity index (χ3n) is 2.45. The monoisotopic (exact) mass is 300 g/mol. The molecule has 0 unspecified atom stereocenters. The van der Waals surface area contributed by atoms with Gasteiger partial charge < -0.3 is 16.2 Å². The molecule has 1 heterocycles. The van der Waals surface area contributed by atoms with Crippen LogP contribution in [0.3, 0.4) is 0 Å². The molecule has 7 nitrogen and oxygen atoms in total. The second-order valence-corrected chi connectivity index (χ2v) is 4.07. The lowest BCUT2D eigenvalue weighted by molar-refractivity contribution is -0.274. The average Bonchev–Trinajstić information content (AvgIpc) is 2.67. The number of benzene rings is 1. The summed E-state index contributed by atoms with van der Waals surface area (Å²) in [6.07, 6.45) is -4.74. The zero-order valence-electron chi connectivity index (χ0n) is 10.8. The van der Waals surface area contributed by atoms with Crippen LogP contribution in [0, 0.1) is 6.92 Å². The van der Waals surface area contributed by atoms with E-state index < -0.39 is 6.36 Å². The van der Waals surface area contributed by atoms with Crippen LogP contribution < -0.4 is 16.2 Å². The van der Waals surface area contributed by atoms with E-state index in [1.807, 2.05) is 0 Å². The summed E-state index contributed by atoms with van der Waals surface area (Å²) in [6.45, 7) is 1.57. The van der Waals surface area contributed by atoms with Crippen LogP contribution in [0.25, 0.3) is 0 Å². The molecule has 0 bridgehead atoms. The molecular weight excluding hydrogens is 289 g/mol. The van der Waals surface area contributed by atoms with E-state index in [0.717, 1.165) is 6.07 Å². The molecule has 2 rings (SSSR count). The van der Waals surface area contributed by atoms with E-state index in [1.165, 1.54) is 12.1 Å². The van der Waals surface area contributed by atoms with Crippen molar-refractivity contribution in [1.29, 1.82) is 0 Å². The summed E-state index contributed by atoms with van der Waals surface area (Å²) in [7, 11) is 0. The Bertz CT molecular complexity index is 660. The first-order valence-corrected chi connectivity index (χ1v) is 5.64. The predicted molar refractivity (Wildman–Crippen MR) is 69.5 cm³/mol. The fraction of sp³-hybridized carbons (Fsp3) is 0.182. The first kappa shape index (κ1) is 14.6. The van der Waals surface area contributed by atoms with Crippen molar-refractivity contribution in [2.24, 2.45) is 10.2 Å². The molecular formula is C11H11F3N6O. The van der Waals surface area contributed by atoms with Crippen molar-refractivity contribution < 1.29 is 17.9 Å². The number of ether oxygens (including phenoxy) is 1. The summed E-state index contributed by atoms with van der Waals surface area (Å²) >= 11 is 0. The Morgan fingerprint density at radius 2 is 1.95 bits per heavy atom. The Kier molecular flexibility index (Phi) is 3.70. The van der Waals surface area contributed by atoms with E-state index in [2.05, 4.69) is 25.2 Å². The van der Waals surface area contributed by atoms with E-state index in [-0.39, 0.29) is 23.1 Å². The molecule has 0 fully saturated rings. The Morgan fingerprint density at radius 3 is 2.48 bits per heavy atom. The fourth-order valence-electron chi connectivity index (χ4n) is 1.51. The number of alkyl halides is 3. The minimum atomic E-state index is -4.74. The largest absolute Gasteiger partial charge is 0.573 e. The molecule has 0 aliphatic carbocycles. The van der Waals surface area contributed by atoms with Crippen LogP contribution in [0.15, 0.2) is 28.4 Å². The van der Waals surface area contributed by atoms with Gasteiger partial charge in [-0.2, -0.15) is 10.2 Å². The maximum atomic E-state index is 12.1. The Morgan fingerprint density at radius 1 is 1.24 bits per heavy atom. The summed E-state index contributed by atoms with van der Waals surface area (Å²) in [6, 6.07) is 3.67. The van der Waals surface area contributed by atoms with Gasteiger partial charge in [-0.05, 0) is 30.7 Å². The number of aryl methyl sites for hydroxylation is 1. The number of nitrogens with two attached hydrogens (primary N) is 2. The smallest absolute Gasteiger partial charge is 0.406 e. The van der Waals surface area contributed by atoms with Crippen LogP contribution >= 0.6 is 0 Å². The zero-order valence-corrected chi connectivity index (χ0v) is 10.8. The van der Waals surface area contributed by atoms with Gasteiger partial charge in [-0.15, -0.1) is 18.3 Å². The number of halogens is 3. The van der Waals surface area contributed by atoms with Crippen molar-refractivity contribution in [1.82, 2.24) is 10.2 Å². The molecule has 5 N–H and O–H groups in total. The minimum Gasteiger partial charge on any atom is -0.406 e. The van der Waals surface area contributed by atoms with Crippen molar-refractivity contribution in [2.75, 3.05) is 11.5 Å². The van der Waals surface area contributed by atoms with Crippen LogP contribution in [0.1, 0.15) is 5.56 Å². The van der Waals surface area contributed by atoms with Gasteiger partial charge in [0.15, 0.2) is 11.5 Å². The number of rotatable bonds is 3. The first-order valence-electron chi connectivity index (χ1n) is 5.64. The number of aromatic nitrogens is 2. The average molecular weight is 300 g/mol. The van der Waals surface area contributed by atoms with E-state index >= 15 is 0 Å². The van der Waals surface area contributed by atoms with Gasteiger partial charge in [0.25, 0.3) is 0 Å². The predicted octanol–water partition coefficient (Wildman–Crippen LogP) is 3.20. The van der Waals surface area contributed by atoms with Gasteiger partial charge in [-0.3, -0.25) is 5.10 Å². The highest BCUT2D eigenvalue weighted by atomic mass is 19.4. The van der Waals surface area contributed by atoms with Gasteiger partial charge >= 0.3 is 6.36 Å². The van der Waals surface area contributed by atoms with Gasteiger partial charge in [-0.25, -0.2) is 0 Å². The second-order valence-electron chi connectivity index (χ2n) is 4.07. The number of hydrogen-bond donors (Lipinski definition) is 3. The summed E-state index contributed by atoms with van der Waals surface area (Å²) in [5.74, 6) is -0.113. The molecule has 21 heavy (non-hydrogen) atoms. The molecule has 0 saturated carbocycles. The number of hydrogen-bond acceptors (Lipinski definition) is 6. The third kappa shape index (κ3) is 3.61. The molecule has 1 aromatic heterocycles. The van der Waals surface area contributed by atoms with Crippen molar-refractivity contribution >= 4 is 23.0 Å². The van der Waals surface area contributed by atoms with Gasteiger partial charge in [0.1, 0.15) is 11.6 Å². The second kappa shape index (κ2) is 5.31. The van der Waals surface area contributed by atoms with Crippen LogP contribution in [-0.2, 0) is 0 Å². The van der Waals surface area contributed by atoms with Crippen LogP contribution in [0.2, 0.25) is 0 Å². The Balaban J connectivity index is 2.22. The quantitative estimate of drug-likeness (QED) is 0.755. The topological polar surface area (TPSA) is 115 Å². The molecule has 0 saturated heterocycles. The molecule has 112 valence electrons. The van der Waals surface area contributed by atoms with E-state index in [4.69, 9.17) is 11.5 Å². The highest BCUT2D eigenvalue weighted by Crippen LogP contribution is 2.31. The number of aromatic amines is 1. The maximum absolute atomic E-state index is 12.1. The molecule has 2 aromatic rings. The maximum Gasteiger partial charge on any atom is 0.573 e. The number of nitrogens with one attached hydrogen (secondary N) is 1. The summed E-state index contributed by atoms with van der Waals surface area (Å²) in [5, 5.41) is 13.8. The standard InChI is InChI=1S/C11H11F3N6O/c1-5-4-6(21-11(12,13)14)2-3-7(5)17-18-8-9(15)19-20-10(8)16/h2-4H,1H3,(H5,15,16,19,20). The van der Waals surface area contributed by atoms with Crippen molar-refractivity contribution in [3.8, 4) is 5.75 Å². The SMILES string of the molecule is Cc1cc(OC(F)(F)F)ccc1N=Nc1c(N)n[nH]c1N. The normalized spacial score (nSPS) is 12.0. The van der Waals surface area contributed by atoms with Crippen LogP contribution in [0.5, 0.6) is 5.75 Å². The molecule has 0 atom stereocenters. The van der Waals surface area contributed by atoms with E-state index in [0.29, 0.717) is 11.3 Å². The van der Waals surface area contributed by atoms with Gasteiger partial charge in [0.05, 0.1) is 5.69 Å². The number of anilines is 2. The van der Waals surface area contributed by atoms with Gasteiger partial charge in [-0.1, -0.05) is 0 Å². The van der Waals surface area contributed by atoms with Crippen molar-refractivity contribution in [2.45, 2.75) is 13.3 Å². The lowest BCUT2D eigenvalue weighted by Gasteiger charge is -2.09. The number of H-pyrrole nitrogens is 1. The lowest BCUT2D eigenvalue weighted by Crippen LogP contribution is -2.17. The van der Waals surface area contributed by atoms with Gasteiger partial charge in [0.2, 0.25) is 0 Å². The minimum absolute atomic E-state index is 0.0749. The Hall–Kier alpha value is -2.78. The summed E-state index contributed by atoms with van der Waals surface area (Å²) < 4.78 is 40.1. The Labute approximate surface area is 116 Å². The first-order chi connectivity index (χ1) is 9.76. The van der Waals surface area contributed by atoms with Crippen LogP contribution in [-0.4, -0.2) is 16.6 Å². The molecule has 10 heteroatoms. The van der Waals surface area contributed by atoms with Gasteiger partial charge in [0, 0.05) is 0 Å². The third-order valence-corrected chi connectivity index (χ3v) is 2.45. The van der Waals surface area contributed by atoms with E-state index in [9.17, 15) is 13.2 Å². The van der Waals surface area contributed by atoms with E-state index in [1.54, 1.807) is 6.92 Å². The highest BCUT2D eigenvalue weighted by molar-refractivity contribution is 5.70. The number of nitrogen functional groups attached to an aromatic ring is 2. The highest BCUT2D eigenvalue weighted by Gasteiger charge is 2.31. The van der Waals surface area contributed by atoms with Crippen LogP contribution in [0.4, 0.5) is 36.2 Å². The molecule has 0 radical (unpaired) electrons. The zero-order chi connectivity index (χ0) is 15.6. The molecule has 0 aliphatic heterocycles. The van der Waals surface area contributed by atoms with Crippen molar-refractivity contribution in [3.05, 3.63) is 23.8 Å². The lowest BCUT2D eigenvalue weighted by atomic mass is 10.2. The fourth-order valence-corrected chi connectivity index (χ4v) is 1.51. The summed E-state index contributed by atoms with van der Waals surface area (Å²) in [4.78, 5) is 0. The molecule has 0 aliphatic rings. The number of azo groups is 1. The molecule has 0 spiro atoms. The summed E-state index contributed by atoms with van der Waals surface area (Å²) in [5.41, 5.74) is 12.0. The van der Waals surface area contributed by atoms with Crippen molar-refractivity contribution in [3.63, 3.8) is 0 Å². The molecule has 0 amide bonds. The number of nitrogens with zero attached hydrogens (tertiary/aromatic N) is 3. The molecule has 1 aromatic carbocycles.